The van der Waals surface area contributed by atoms with E-state index in [4.69, 9.17) is 4.42 Å². The van der Waals surface area contributed by atoms with Gasteiger partial charge in [0.2, 0.25) is 5.82 Å². The number of nitrogens with one attached hydrogen (secondary N) is 3. The lowest BCUT2D eigenvalue weighted by Gasteiger charge is -2.11. The Morgan fingerprint density at radius 1 is 1.20 bits per heavy atom. The fraction of sp³-hybridized carbons (Fsp3) is 0.143. The van der Waals surface area contributed by atoms with Crippen LogP contribution in [0.3, 0.4) is 0 Å². The molecule has 0 aliphatic heterocycles. The van der Waals surface area contributed by atoms with E-state index in [-0.39, 0.29) is 6.03 Å². The van der Waals surface area contributed by atoms with Crippen molar-refractivity contribution in [1.82, 2.24) is 25.5 Å². The molecule has 0 saturated carbocycles. The van der Waals surface area contributed by atoms with Crippen LogP contribution in [0.15, 0.2) is 59.5 Å². The van der Waals surface area contributed by atoms with Crippen LogP contribution in [0.1, 0.15) is 11.4 Å². The number of nitrogens with zero attached hydrogens (tertiary/aromatic N) is 3. The van der Waals surface area contributed by atoms with Crippen molar-refractivity contribution < 1.29 is 13.6 Å². The summed E-state index contributed by atoms with van der Waals surface area (Å²) in [5.41, 5.74) is 2.91. The summed E-state index contributed by atoms with van der Waals surface area (Å²) < 4.78 is 18.7. The number of halogens is 1. The molecular weight excluding hydrogens is 387 g/mol. The van der Waals surface area contributed by atoms with E-state index in [1.54, 1.807) is 30.7 Å². The standard InChI is InChI=1S/C21H19FN6O2/c1-13-4-5-14(15-9-16(22)12-23-11-15)10-17(13)25-21(29)24-7-6-19-26-20(28-27-19)18-3-2-8-30-18/h2-5,8-12H,6-7H2,1H3,(H2,24,25,29)(H,26,27,28). The number of hydrogen-bond acceptors (Lipinski definition) is 5. The Labute approximate surface area is 171 Å². The summed E-state index contributed by atoms with van der Waals surface area (Å²) in [5.74, 6) is 1.27. The number of H-pyrrole nitrogens is 1. The van der Waals surface area contributed by atoms with Crippen LogP contribution in [0.2, 0.25) is 0 Å². The molecule has 2 amide bonds. The van der Waals surface area contributed by atoms with Crippen LogP contribution in [0, 0.1) is 12.7 Å². The molecule has 4 aromatic rings. The predicted octanol–water partition coefficient (Wildman–Crippen LogP) is 3.94. The maximum Gasteiger partial charge on any atom is 0.319 e. The van der Waals surface area contributed by atoms with Gasteiger partial charge >= 0.3 is 6.03 Å². The number of furan rings is 1. The monoisotopic (exact) mass is 406 g/mol. The largest absolute Gasteiger partial charge is 0.461 e. The highest BCUT2D eigenvalue weighted by molar-refractivity contribution is 5.91. The maximum absolute atomic E-state index is 13.4. The van der Waals surface area contributed by atoms with Gasteiger partial charge in [-0.1, -0.05) is 12.1 Å². The van der Waals surface area contributed by atoms with Crippen LogP contribution in [0.4, 0.5) is 14.9 Å². The topological polar surface area (TPSA) is 109 Å². The Kier molecular flexibility index (Phi) is 5.51. The van der Waals surface area contributed by atoms with Gasteiger partial charge < -0.3 is 15.1 Å². The summed E-state index contributed by atoms with van der Waals surface area (Å²) in [6.45, 7) is 2.25. The van der Waals surface area contributed by atoms with E-state index in [2.05, 4.69) is 30.8 Å². The summed E-state index contributed by atoms with van der Waals surface area (Å²) in [5, 5.41) is 12.5. The lowest BCUT2D eigenvalue weighted by atomic mass is 10.0. The molecule has 3 N–H and O–H groups in total. The van der Waals surface area contributed by atoms with Crippen LogP contribution >= 0.6 is 0 Å². The van der Waals surface area contributed by atoms with Gasteiger partial charge in [0.15, 0.2) is 5.76 Å². The van der Waals surface area contributed by atoms with E-state index in [0.29, 0.717) is 41.6 Å². The molecule has 0 spiro atoms. The number of benzene rings is 1. The van der Waals surface area contributed by atoms with Gasteiger partial charge in [-0.25, -0.2) is 14.2 Å². The Hall–Kier alpha value is -4.01. The zero-order valence-electron chi connectivity index (χ0n) is 16.1. The molecule has 3 heterocycles. The van der Waals surface area contributed by atoms with Crippen LogP contribution in [0.5, 0.6) is 0 Å². The molecule has 9 heteroatoms. The minimum Gasteiger partial charge on any atom is -0.461 e. The normalized spacial score (nSPS) is 10.7. The van der Waals surface area contributed by atoms with E-state index in [1.807, 2.05) is 19.1 Å². The summed E-state index contributed by atoms with van der Waals surface area (Å²) in [6.07, 6.45) is 4.76. The number of anilines is 1. The number of amides is 2. The average Bonchev–Trinajstić information content (AvgIpc) is 3.41. The molecule has 0 saturated heterocycles. The van der Waals surface area contributed by atoms with Crippen LogP contribution in [-0.4, -0.2) is 32.7 Å². The number of carbonyl (C=O) groups is 1. The second kappa shape index (κ2) is 8.56. The summed E-state index contributed by atoms with van der Waals surface area (Å²) in [7, 11) is 0. The molecule has 8 nitrogen and oxygen atoms in total. The Morgan fingerprint density at radius 3 is 2.90 bits per heavy atom. The van der Waals surface area contributed by atoms with E-state index in [1.165, 1.54) is 6.07 Å². The van der Waals surface area contributed by atoms with Crippen molar-refractivity contribution in [3.63, 3.8) is 0 Å². The van der Waals surface area contributed by atoms with E-state index < -0.39 is 5.82 Å². The number of aryl methyl sites for hydroxylation is 1. The van der Waals surface area contributed by atoms with E-state index in [0.717, 1.165) is 17.3 Å². The number of urea groups is 1. The zero-order valence-corrected chi connectivity index (χ0v) is 16.1. The number of rotatable bonds is 6. The molecule has 0 fully saturated rings. The van der Waals surface area contributed by atoms with Crippen LogP contribution < -0.4 is 10.6 Å². The number of pyridine rings is 1. The number of aromatic nitrogens is 4. The molecular formula is C21H19FN6O2. The Bertz CT molecular complexity index is 1160. The van der Waals surface area contributed by atoms with Gasteiger partial charge in [-0.3, -0.25) is 10.1 Å². The first-order valence-corrected chi connectivity index (χ1v) is 9.30. The lowest BCUT2D eigenvalue weighted by Crippen LogP contribution is -2.30. The Morgan fingerprint density at radius 2 is 2.10 bits per heavy atom. The van der Waals surface area contributed by atoms with E-state index >= 15 is 0 Å². The molecule has 4 rings (SSSR count). The second-order valence-corrected chi connectivity index (χ2v) is 6.64. The molecule has 1 aromatic carbocycles. The molecule has 0 aliphatic carbocycles. The van der Waals surface area contributed by atoms with Gasteiger partial charge in [0.25, 0.3) is 0 Å². The fourth-order valence-corrected chi connectivity index (χ4v) is 2.89. The first-order valence-electron chi connectivity index (χ1n) is 9.30. The first-order chi connectivity index (χ1) is 14.6. The maximum atomic E-state index is 13.4. The number of carbonyl (C=O) groups excluding carboxylic acids is 1. The quantitative estimate of drug-likeness (QED) is 0.449. The molecule has 3 aromatic heterocycles. The third kappa shape index (κ3) is 4.52. The van der Waals surface area contributed by atoms with Crippen molar-refractivity contribution in [2.24, 2.45) is 0 Å². The highest BCUT2D eigenvalue weighted by atomic mass is 19.1. The SMILES string of the molecule is Cc1ccc(-c2cncc(F)c2)cc1NC(=O)NCCc1nc(-c2ccco2)n[nH]1. The van der Waals surface area contributed by atoms with Gasteiger partial charge in [-0.05, 0) is 42.3 Å². The second-order valence-electron chi connectivity index (χ2n) is 6.64. The fourth-order valence-electron chi connectivity index (χ4n) is 2.89. The van der Waals surface area contributed by atoms with Crippen molar-refractivity contribution in [3.05, 3.63) is 72.3 Å². The molecule has 152 valence electrons. The lowest BCUT2D eigenvalue weighted by molar-refractivity contribution is 0.252. The number of hydrogen-bond donors (Lipinski definition) is 3. The summed E-state index contributed by atoms with van der Waals surface area (Å²) in [6, 6.07) is 10.1. The average molecular weight is 406 g/mol. The highest BCUT2D eigenvalue weighted by Gasteiger charge is 2.10. The zero-order chi connectivity index (χ0) is 20.9. The van der Waals surface area contributed by atoms with Crippen LogP contribution in [0.25, 0.3) is 22.7 Å². The van der Waals surface area contributed by atoms with Crippen molar-refractivity contribution in [2.45, 2.75) is 13.3 Å². The van der Waals surface area contributed by atoms with Gasteiger partial charge in [-0.15, -0.1) is 0 Å². The minimum absolute atomic E-state index is 0.349. The smallest absolute Gasteiger partial charge is 0.319 e. The van der Waals surface area contributed by atoms with Crippen molar-refractivity contribution in [1.29, 1.82) is 0 Å². The van der Waals surface area contributed by atoms with Crippen LogP contribution in [-0.2, 0) is 6.42 Å². The van der Waals surface area contributed by atoms with Gasteiger partial charge in [-0.2, -0.15) is 5.10 Å². The first kappa shape index (κ1) is 19.3. The minimum atomic E-state index is -0.414. The summed E-state index contributed by atoms with van der Waals surface area (Å²) in [4.78, 5) is 20.5. The van der Waals surface area contributed by atoms with Crippen molar-refractivity contribution in [3.8, 4) is 22.7 Å². The summed E-state index contributed by atoms with van der Waals surface area (Å²) >= 11 is 0. The molecule has 0 aliphatic rings. The molecule has 0 bridgehead atoms. The molecule has 0 unspecified atom stereocenters. The van der Waals surface area contributed by atoms with Gasteiger partial charge in [0.1, 0.15) is 11.6 Å². The molecule has 0 radical (unpaired) electrons. The van der Waals surface area contributed by atoms with Crippen molar-refractivity contribution in [2.75, 3.05) is 11.9 Å². The highest BCUT2D eigenvalue weighted by Crippen LogP contribution is 2.25. The van der Waals surface area contributed by atoms with Gasteiger partial charge in [0.05, 0.1) is 12.5 Å². The predicted molar refractivity (Wildman–Crippen MR) is 109 cm³/mol. The number of aromatic amines is 1. The third-order valence-electron chi connectivity index (χ3n) is 4.44. The third-order valence-corrected chi connectivity index (χ3v) is 4.44. The Balaban J connectivity index is 1.34. The van der Waals surface area contributed by atoms with Gasteiger partial charge in [0, 0.05) is 30.4 Å². The van der Waals surface area contributed by atoms with Crippen molar-refractivity contribution >= 4 is 11.7 Å². The molecule has 30 heavy (non-hydrogen) atoms. The molecule has 0 atom stereocenters. The van der Waals surface area contributed by atoms with E-state index in [9.17, 15) is 9.18 Å².